The van der Waals surface area contributed by atoms with Gasteiger partial charge in [0.25, 0.3) is 0 Å². The number of urea groups is 1. The molecule has 4 amide bonds. The molecule has 1 heterocycles. The molecule has 0 spiro atoms. The van der Waals surface area contributed by atoms with Crippen molar-refractivity contribution >= 4 is 40.4 Å². The van der Waals surface area contributed by atoms with Gasteiger partial charge in [-0.3, -0.25) is 9.59 Å². The summed E-state index contributed by atoms with van der Waals surface area (Å²) >= 11 is 2.20. The van der Waals surface area contributed by atoms with Crippen LogP contribution < -0.4 is 10.7 Å². The molecule has 0 aliphatic carbocycles. The van der Waals surface area contributed by atoms with Gasteiger partial charge in [0.2, 0.25) is 11.8 Å². The van der Waals surface area contributed by atoms with Crippen LogP contribution in [-0.4, -0.2) is 62.4 Å². The maximum absolute atomic E-state index is 13.7. The first-order valence-corrected chi connectivity index (χ1v) is 14.8. The summed E-state index contributed by atoms with van der Waals surface area (Å²) in [4.78, 5) is 43.4. The highest BCUT2D eigenvalue weighted by atomic mass is 127. The second-order valence-corrected chi connectivity index (χ2v) is 10.5. The average Bonchev–Trinajstić information content (AvgIpc) is 2.94. The number of amides is 4. The van der Waals surface area contributed by atoms with E-state index in [1.165, 1.54) is 26.9 Å². The van der Waals surface area contributed by atoms with Gasteiger partial charge in [-0.25, -0.2) is 15.2 Å². The highest BCUT2D eigenvalue weighted by Crippen LogP contribution is 2.31. The molecular weight excluding hydrogens is 638 g/mol. The van der Waals surface area contributed by atoms with Crippen LogP contribution in [0.2, 0.25) is 0 Å². The molecular formula is C28H35F3IN5O3. The summed E-state index contributed by atoms with van der Waals surface area (Å²) in [7, 11) is 0. The summed E-state index contributed by atoms with van der Waals surface area (Å²) in [6.45, 7) is 3.98. The van der Waals surface area contributed by atoms with Crippen LogP contribution in [0.15, 0.2) is 54.6 Å². The maximum atomic E-state index is 13.7. The van der Waals surface area contributed by atoms with E-state index >= 15 is 0 Å². The number of hydrazine groups is 1. The lowest BCUT2D eigenvalue weighted by molar-refractivity contribution is -0.164. The van der Waals surface area contributed by atoms with Crippen molar-refractivity contribution in [3.05, 3.63) is 71.3 Å². The molecule has 1 saturated heterocycles. The van der Waals surface area contributed by atoms with E-state index in [1.54, 1.807) is 6.92 Å². The van der Waals surface area contributed by atoms with Gasteiger partial charge in [0, 0.05) is 26.1 Å². The number of benzene rings is 2. The van der Waals surface area contributed by atoms with Gasteiger partial charge in [-0.15, -0.1) is 0 Å². The van der Waals surface area contributed by atoms with Crippen LogP contribution in [0.1, 0.15) is 49.8 Å². The summed E-state index contributed by atoms with van der Waals surface area (Å²) in [6, 6.07) is 12.9. The standard InChI is InChI=1S/C28H35F3IN5O3/c1-3-25(38)36-23(14-9-15-32)26(39)35(18-21-12-8-13-22(16-21)28(29,30)31)19-24(36)37(34-4-2)27(40)33-17-20-10-6-5-7-11-20/h5-8,10-13,16,23-24,34H,3-4,9,14-15,17-19H2,1-2H3,(H,33,40)/t23-,24-/m0/s1. The van der Waals surface area contributed by atoms with Crippen molar-refractivity contribution in [2.24, 2.45) is 0 Å². The Kier molecular flexibility index (Phi) is 11.6. The number of piperazine rings is 1. The number of nitrogens with one attached hydrogen (secondary N) is 2. The fourth-order valence-corrected chi connectivity index (χ4v) is 5.17. The van der Waals surface area contributed by atoms with Gasteiger partial charge in [0.1, 0.15) is 12.2 Å². The average molecular weight is 674 g/mol. The minimum absolute atomic E-state index is 0.0622. The number of nitrogens with zero attached hydrogens (tertiary/aromatic N) is 3. The molecule has 1 aliphatic heterocycles. The van der Waals surface area contributed by atoms with E-state index in [-0.39, 0.29) is 37.9 Å². The van der Waals surface area contributed by atoms with Crippen molar-refractivity contribution in [3.63, 3.8) is 0 Å². The zero-order chi connectivity index (χ0) is 29.3. The summed E-state index contributed by atoms with van der Waals surface area (Å²) in [5.74, 6) is -0.629. The molecule has 12 heteroatoms. The largest absolute Gasteiger partial charge is 0.416 e. The minimum Gasteiger partial charge on any atom is -0.333 e. The molecule has 218 valence electrons. The number of rotatable bonds is 11. The van der Waals surface area contributed by atoms with E-state index < -0.39 is 30.0 Å². The highest BCUT2D eigenvalue weighted by Gasteiger charge is 2.46. The predicted molar refractivity (Wildman–Crippen MR) is 154 cm³/mol. The SMILES string of the molecule is CCNN(C(=O)NCc1ccccc1)[C@H]1CN(Cc2cccc(C(F)(F)F)c2)C(=O)[C@H](CCCI)N1C(=O)CC. The maximum Gasteiger partial charge on any atom is 0.416 e. The quantitative estimate of drug-likeness (QED) is 0.201. The first kappa shape index (κ1) is 31.7. The zero-order valence-corrected chi connectivity index (χ0v) is 24.7. The zero-order valence-electron chi connectivity index (χ0n) is 22.6. The molecule has 0 saturated carbocycles. The number of carbonyl (C=O) groups is 3. The molecule has 3 rings (SSSR count). The van der Waals surface area contributed by atoms with Gasteiger partial charge >= 0.3 is 12.2 Å². The molecule has 2 N–H and O–H groups in total. The Morgan fingerprint density at radius 2 is 1.77 bits per heavy atom. The monoisotopic (exact) mass is 673 g/mol. The highest BCUT2D eigenvalue weighted by molar-refractivity contribution is 14.1. The third-order valence-corrected chi connectivity index (χ3v) is 7.36. The first-order chi connectivity index (χ1) is 19.1. The van der Waals surface area contributed by atoms with Crippen LogP contribution >= 0.6 is 22.6 Å². The van der Waals surface area contributed by atoms with Gasteiger partial charge in [-0.05, 0) is 40.5 Å². The van der Waals surface area contributed by atoms with Crippen LogP contribution in [0.25, 0.3) is 0 Å². The summed E-state index contributed by atoms with van der Waals surface area (Å²) < 4.78 is 40.8. The van der Waals surface area contributed by atoms with E-state index in [2.05, 4.69) is 33.3 Å². The number of alkyl halides is 4. The number of halogens is 4. The molecule has 2 aromatic carbocycles. The van der Waals surface area contributed by atoms with E-state index in [4.69, 9.17) is 0 Å². The van der Waals surface area contributed by atoms with Crippen LogP contribution in [0.5, 0.6) is 0 Å². The smallest absolute Gasteiger partial charge is 0.333 e. The topological polar surface area (TPSA) is 85.0 Å². The fraction of sp³-hybridized carbons (Fsp3) is 0.464. The lowest BCUT2D eigenvalue weighted by Crippen LogP contribution is -2.71. The second-order valence-electron chi connectivity index (χ2n) is 9.43. The van der Waals surface area contributed by atoms with Gasteiger partial charge < -0.3 is 15.1 Å². The predicted octanol–water partition coefficient (Wildman–Crippen LogP) is 4.93. The van der Waals surface area contributed by atoms with Crippen molar-refractivity contribution in [2.45, 2.75) is 64.6 Å². The first-order valence-electron chi connectivity index (χ1n) is 13.3. The van der Waals surface area contributed by atoms with Crippen LogP contribution in [-0.2, 0) is 28.9 Å². The summed E-state index contributed by atoms with van der Waals surface area (Å²) in [5, 5.41) is 4.21. The number of hydrogen-bond acceptors (Lipinski definition) is 4. The van der Waals surface area contributed by atoms with Crippen molar-refractivity contribution < 1.29 is 27.6 Å². The molecule has 0 unspecified atom stereocenters. The summed E-state index contributed by atoms with van der Waals surface area (Å²) in [6.07, 6.45) is -4.24. The van der Waals surface area contributed by atoms with Crippen molar-refractivity contribution in [1.82, 2.24) is 25.6 Å². The number of hydrogen-bond donors (Lipinski definition) is 2. The van der Waals surface area contributed by atoms with E-state index in [0.717, 1.165) is 22.1 Å². The molecule has 40 heavy (non-hydrogen) atoms. The molecule has 1 fully saturated rings. The lowest BCUT2D eigenvalue weighted by Gasteiger charge is -2.49. The molecule has 8 nitrogen and oxygen atoms in total. The van der Waals surface area contributed by atoms with Crippen molar-refractivity contribution in [1.29, 1.82) is 0 Å². The van der Waals surface area contributed by atoms with E-state index in [0.29, 0.717) is 24.9 Å². The molecule has 0 radical (unpaired) electrons. The van der Waals surface area contributed by atoms with Crippen LogP contribution in [0.4, 0.5) is 18.0 Å². The number of carbonyl (C=O) groups excluding carboxylic acids is 3. The molecule has 0 aromatic heterocycles. The molecule has 2 atom stereocenters. The second kappa shape index (κ2) is 14.7. The Hall–Kier alpha value is -2.87. The third kappa shape index (κ3) is 8.09. The van der Waals surface area contributed by atoms with Gasteiger partial charge in [-0.2, -0.15) is 13.2 Å². The molecule has 1 aliphatic rings. The van der Waals surface area contributed by atoms with Gasteiger partial charge in [0.05, 0.1) is 12.1 Å². The van der Waals surface area contributed by atoms with E-state index in [9.17, 15) is 27.6 Å². The Balaban J connectivity index is 1.96. The van der Waals surface area contributed by atoms with E-state index in [1.807, 2.05) is 37.3 Å². The Bertz CT molecular complexity index is 1150. The van der Waals surface area contributed by atoms with Gasteiger partial charge in [0.15, 0.2) is 0 Å². The van der Waals surface area contributed by atoms with Crippen LogP contribution in [0, 0.1) is 0 Å². The fourth-order valence-electron chi connectivity index (χ4n) is 4.72. The normalized spacial score (nSPS) is 17.6. The Morgan fingerprint density at radius 1 is 1.07 bits per heavy atom. The Labute approximate surface area is 246 Å². The van der Waals surface area contributed by atoms with Crippen molar-refractivity contribution in [2.75, 3.05) is 17.5 Å². The van der Waals surface area contributed by atoms with Crippen LogP contribution in [0.3, 0.4) is 0 Å². The molecule has 0 bridgehead atoms. The molecule has 2 aromatic rings. The van der Waals surface area contributed by atoms with Gasteiger partial charge in [-0.1, -0.05) is 78.9 Å². The third-order valence-electron chi connectivity index (χ3n) is 6.60. The van der Waals surface area contributed by atoms with Crippen molar-refractivity contribution in [3.8, 4) is 0 Å². The minimum atomic E-state index is -4.52. The lowest BCUT2D eigenvalue weighted by atomic mass is 10.0. The summed E-state index contributed by atoms with van der Waals surface area (Å²) in [5.41, 5.74) is 3.44. The Morgan fingerprint density at radius 3 is 2.40 bits per heavy atom.